The summed E-state index contributed by atoms with van der Waals surface area (Å²) in [4.78, 5) is 11.0. The summed E-state index contributed by atoms with van der Waals surface area (Å²) in [6.45, 7) is 1.55. The molecule has 1 heterocycles. The SMILES string of the molecule is O=C(CCl)C1C2COCC21. The molecule has 0 bridgehead atoms. The Morgan fingerprint density at radius 2 is 2.10 bits per heavy atom. The van der Waals surface area contributed by atoms with Crippen molar-refractivity contribution in [1.82, 2.24) is 0 Å². The first-order valence-corrected chi connectivity index (χ1v) is 4.04. The van der Waals surface area contributed by atoms with Gasteiger partial charge in [-0.05, 0) is 11.8 Å². The molecule has 2 nitrogen and oxygen atoms in total. The van der Waals surface area contributed by atoms with Crippen LogP contribution in [0.4, 0.5) is 0 Å². The summed E-state index contributed by atoms with van der Waals surface area (Å²) in [7, 11) is 0. The van der Waals surface area contributed by atoms with Gasteiger partial charge in [-0.25, -0.2) is 0 Å². The molecule has 3 heteroatoms. The molecule has 1 aliphatic carbocycles. The van der Waals surface area contributed by atoms with Gasteiger partial charge in [-0.1, -0.05) is 0 Å². The predicted molar refractivity (Wildman–Crippen MR) is 37.0 cm³/mol. The summed E-state index contributed by atoms with van der Waals surface area (Å²) in [5.74, 6) is 1.68. The highest BCUT2D eigenvalue weighted by atomic mass is 35.5. The Hall–Kier alpha value is -0.0800. The second kappa shape index (κ2) is 2.21. The third kappa shape index (κ3) is 0.789. The normalized spacial score (nSPS) is 43.1. The number of carbonyl (C=O) groups excluding carboxylic acids is 1. The molecule has 2 fully saturated rings. The van der Waals surface area contributed by atoms with Crippen LogP contribution in [-0.2, 0) is 9.53 Å². The van der Waals surface area contributed by atoms with Crippen LogP contribution in [0.5, 0.6) is 0 Å². The summed E-state index contributed by atoms with van der Waals surface area (Å²) in [6.07, 6.45) is 0. The number of hydrogen-bond acceptors (Lipinski definition) is 2. The predicted octanol–water partition coefficient (Wildman–Crippen LogP) is 0.687. The average molecular weight is 161 g/mol. The monoisotopic (exact) mass is 160 g/mol. The Labute approximate surface area is 64.5 Å². The molecular formula is C7H9ClO2. The Balaban J connectivity index is 1.94. The van der Waals surface area contributed by atoms with E-state index in [4.69, 9.17) is 16.3 Å². The molecule has 0 aromatic carbocycles. The minimum atomic E-state index is 0.178. The Morgan fingerprint density at radius 3 is 2.60 bits per heavy atom. The van der Waals surface area contributed by atoms with Crippen LogP contribution in [-0.4, -0.2) is 24.9 Å². The van der Waals surface area contributed by atoms with Crippen LogP contribution < -0.4 is 0 Å². The highest BCUT2D eigenvalue weighted by molar-refractivity contribution is 6.28. The van der Waals surface area contributed by atoms with Crippen LogP contribution in [0.3, 0.4) is 0 Å². The van der Waals surface area contributed by atoms with Gasteiger partial charge in [0, 0.05) is 5.92 Å². The fraction of sp³-hybridized carbons (Fsp3) is 0.857. The number of rotatable bonds is 2. The van der Waals surface area contributed by atoms with E-state index in [2.05, 4.69) is 0 Å². The summed E-state index contributed by atoms with van der Waals surface area (Å²) in [5, 5.41) is 0. The fourth-order valence-electron chi connectivity index (χ4n) is 1.81. The lowest BCUT2D eigenvalue weighted by Gasteiger charge is -1.98. The first kappa shape index (κ1) is 6.62. The van der Waals surface area contributed by atoms with Gasteiger partial charge < -0.3 is 4.74 Å². The second-order valence-corrected chi connectivity index (χ2v) is 3.26. The first-order chi connectivity index (χ1) is 4.84. The Bertz CT molecular complexity index is 159. The highest BCUT2D eigenvalue weighted by Gasteiger charge is 2.57. The minimum absolute atomic E-state index is 0.178. The van der Waals surface area contributed by atoms with Crippen molar-refractivity contribution in [3.63, 3.8) is 0 Å². The zero-order chi connectivity index (χ0) is 7.14. The van der Waals surface area contributed by atoms with Crippen LogP contribution in [0.2, 0.25) is 0 Å². The summed E-state index contributed by atoms with van der Waals surface area (Å²) < 4.78 is 5.14. The standard InChI is InChI=1S/C7H9ClO2/c8-1-6(9)7-4-2-10-3-5(4)7/h4-5,7H,1-3H2. The van der Waals surface area contributed by atoms with Crippen LogP contribution in [0, 0.1) is 17.8 Å². The van der Waals surface area contributed by atoms with E-state index >= 15 is 0 Å². The summed E-state index contributed by atoms with van der Waals surface area (Å²) >= 11 is 5.41. The lowest BCUT2D eigenvalue weighted by molar-refractivity contribution is -0.119. The van der Waals surface area contributed by atoms with Gasteiger partial charge >= 0.3 is 0 Å². The second-order valence-electron chi connectivity index (χ2n) is 2.99. The number of fused-ring (bicyclic) bond motifs is 1. The molecule has 1 saturated heterocycles. The van der Waals surface area contributed by atoms with Gasteiger partial charge in [-0.3, -0.25) is 4.79 Å². The van der Waals surface area contributed by atoms with E-state index in [0.717, 1.165) is 13.2 Å². The molecule has 0 amide bonds. The minimum Gasteiger partial charge on any atom is -0.381 e. The Kier molecular flexibility index (Phi) is 1.46. The lowest BCUT2D eigenvalue weighted by atomic mass is 10.2. The van der Waals surface area contributed by atoms with E-state index in [1.807, 2.05) is 0 Å². The maximum absolute atomic E-state index is 11.0. The van der Waals surface area contributed by atoms with E-state index in [1.54, 1.807) is 0 Å². The van der Waals surface area contributed by atoms with Crippen molar-refractivity contribution >= 4 is 17.4 Å². The molecular weight excluding hydrogens is 152 g/mol. The topological polar surface area (TPSA) is 26.3 Å². The van der Waals surface area contributed by atoms with Gasteiger partial charge in [0.2, 0.25) is 0 Å². The number of alkyl halides is 1. The molecule has 0 N–H and O–H groups in total. The van der Waals surface area contributed by atoms with Crippen molar-refractivity contribution in [3.8, 4) is 0 Å². The van der Waals surface area contributed by atoms with E-state index in [9.17, 15) is 4.79 Å². The van der Waals surface area contributed by atoms with Crippen molar-refractivity contribution in [2.75, 3.05) is 19.1 Å². The highest BCUT2D eigenvalue weighted by Crippen LogP contribution is 2.51. The molecule has 56 valence electrons. The van der Waals surface area contributed by atoms with Crippen molar-refractivity contribution in [2.45, 2.75) is 0 Å². The molecule has 0 aromatic rings. The van der Waals surface area contributed by atoms with Gasteiger partial charge in [0.15, 0.2) is 5.78 Å². The third-order valence-corrected chi connectivity index (χ3v) is 2.72. The quantitative estimate of drug-likeness (QED) is 0.556. The van der Waals surface area contributed by atoms with Gasteiger partial charge in [0.25, 0.3) is 0 Å². The summed E-state index contributed by atoms with van der Waals surface area (Å²) in [5.41, 5.74) is 0. The van der Waals surface area contributed by atoms with Crippen LogP contribution >= 0.6 is 11.6 Å². The van der Waals surface area contributed by atoms with Gasteiger partial charge in [0.1, 0.15) is 0 Å². The Morgan fingerprint density at radius 1 is 1.50 bits per heavy atom. The third-order valence-electron chi connectivity index (χ3n) is 2.46. The molecule has 2 unspecified atom stereocenters. The van der Waals surface area contributed by atoms with Gasteiger partial charge in [-0.15, -0.1) is 11.6 Å². The maximum Gasteiger partial charge on any atom is 0.151 e. The van der Waals surface area contributed by atoms with Gasteiger partial charge in [0.05, 0.1) is 19.1 Å². The van der Waals surface area contributed by atoms with Crippen molar-refractivity contribution in [3.05, 3.63) is 0 Å². The number of halogens is 1. The number of ketones is 1. The van der Waals surface area contributed by atoms with Crippen molar-refractivity contribution < 1.29 is 9.53 Å². The van der Waals surface area contributed by atoms with Crippen molar-refractivity contribution in [2.24, 2.45) is 17.8 Å². The largest absolute Gasteiger partial charge is 0.381 e. The smallest absolute Gasteiger partial charge is 0.151 e. The van der Waals surface area contributed by atoms with E-state index in [-0.39, 0.29) is 17.6 Å². The molecule has 1 aliphatic heterocycles. The van der Waals surface area contributed by atoms with Crippen LogP contribution in [0.15, 0.2) is 0 Å². The molecule has 2 rings (SSSR count). The van der Waals surface area contributed by atoms with Crippen LogP contribution in [0.1, 0.15) is 0 Å². The molecule has 0 spiro atoms. The number of carbonyl (C=O) groups is 1. The van der Waals surface area contributed by atoms with Crippen LogP contribution in [0.25, 0.3) is 0 Å². The zero-order valence-corrected chi connectivity index (χ0v) is 6.30. The average Bonchev–Trinajstić information content (AvgIpc) is 2.43. The lowest BCUT2D eigenvalue weighted by Crippen LogP contribution is -2.10. The zero-order valence-electron chi connectivity index (χ0n) is 5.55. The fourth-order valence-corrected chi connectivity index (χ4v) is 1.98. The van der Waals surface area contributed by atoms with Gasteiger partial charge in [-0.2, -0.15) is 0 Å². The van der Waals surface area contributed by atoms with E-state index < -0.39 is 0 Å². The summed E-state index contributed by atoms with van der Waals surface area (Å²) in [6, 6.07) is 0. The first-order valence-electron chi connectivity index (χ1n) is 3.51. The molecule has 0 radical (unpaired) electrons. The number of Topliss-reactive ketones (excluding diaryl/α,β-unsaturated/α-hetero) is 1. The molecule has 2 atom stereocenters. The van der Waals surface area contributed by atoms with Crippen molar-refractivity contribution in [1.29, 1.82) is 0 Å². The maximum atomic E-state index is 11.0. The molecule has 2 aliphatic rings. The van der Waals surface area contributed by atoms with E-state index in [1.165, 1.54) is 0 Å². The van der Waals surface area contributed by atoms with E-state index in [0.29, 0.717) is 11.8 Å². The molecule has 1 saturated carbocycles. The molecule has 10 heavy (non-hydrogen) atoms. The molecule has 0 aromatic heterocycles. The number of hydrogen-bond donors (Lipinski definition) is 0. The number of ether oxygens (including phenoxy) is 1.